The number of hydrogen-bond acceptors (Lipinski definition) is 2. The lowest BCUT2D eigenvalue weighted by Crippen LogP contribution is -2.25. The maximum atomic E-state index is 13.4. The monoisotopic (exact) mass is 243 g/mol. The summed E-state index contributed by atoms with van der Waals surface area (Å²) in [6, 6.07) is 4.44. The average Bonchev–Trinajstić information content (AvgIpc) is 2.23. The van der Waals surface area contributed by atoms with Crippen LogP contribution in [-0.2, 0) is 11.2 Å². The van der Waals surface area contributed by atoms with Gasteiger partial charge in [-0.05, 0) is 19.2 Å². The Labute approximate surface area is 99.8 Å². The molecule has 0 amide bonds. The van der Waals surface area contributed by atoms with Crippen molar-refractivity contribution in [3.63, 3.8) is 0 Å². The fraction of sp³-hybridized carbons (Fsp3) is 0.417. The molecule has 0 radical (unpaired) electrons. The van der Waals surface area contributed by atoms with E-state index in [4.69, 9.17) is 11.6 Å². The molecule has 2 nitrogen and oxygen atoms in total. The van der Waals surface area contributed by atoms with E-state index in [1.165, 1.54) is 12.1 Å². The lowest BCUT2D eigenvalue weighted by atomic mass is 9.99. The summed E-state index contributed by atoms with van der Waals surface area (Å²) in [4.78, 5) is 11.7. The van der Waals surface area contributed by atoms with Crippen LogP contribution in [0.1, 0.15) is 12.5 Å². The van der Waals surface area contributed by atoms with Crippen molar-refractivity contribution in [3.8, 4) is 0 Å². The van der Waals surface area contributed by atoms with E-state index in [1.807, 2.05) is 6.92 Å². The van der Waals surface area contributed by atoms with Gasteiger partial charge >= 0.3 is 0 Å². The normalized spacial score (nSPS) is 12.5. The number of hydrogen-bond donors (Lipinski definition) is 1. The van der Waals surface area contributed by atoms with Crippen LogP contribution < -0.4 is 5.32 Å². The Morgan fingerprint density at radius 1 is 1.56 bits per heavy atom. The molecule has 0 heterocycles. The number of benzene rings is 1. The summed E-state index contributed by atoms with van der Waals surface area (Å²) in [5, 5.41) is 3.23. The highest BCUT2D eigenvalue weighted by atomic mass is 35.5. The Hall–Kier alpha value is -0.930. The van der Waals surface area contributed by atoms with Crippen molar-refractivity contribution in [2.45, 2.75) is 13.3 Å². The SMILES string of the molecule is CNCC(C)C(=O)Cc1c(F)cccc1Cl. The number of Topliss-reactive ketones (excluding diaryl/α,β-unsaturated/α-hetero) is 1. The second-order valence-electron chi connectivity index (χ2n) is 3.80. The van der Waals surface area contributed by atoms with Crippen molar-refractivity contribution in [2.75, 3.05) is 13.6 Å². The molecule has 0 saturated carbocycles. The minimum absolute atomic E-state index is 0.0126. The van der Waals surface area contributed by atoms with Crippen LogP contribution in [0.5, 0.6) is 0 Å². The summed E-state index contributed by atoms with van der Waals surface area (Å²) < 4.78 is 13.4. The zero-order valence-electron chi connectivity index (χ0n) is 9.39. The zero-order valence-corrected chi connectivity index (χ0v) is 10.1. The summed E-state index contributed by atoms with van der Waals surface area (Å²) in [7, 11) is 1.78. The molecule has 1 aromatic rings. The van der Waals surface area contributed by atoms with Crippen LogP contribution in [-0.4, -0.2) is 19.4 Å². The standard InChI is InChI=1S/C12H15ClFNO/c1-8(7-15-2)12(16)6-9-10(13)4-3-5-11(9)14/h3-5,8,15H,6-7H2,1-2H3. The van der Waals surface area contributed by atoms with Gasteiger partial charge in [0.15, 0.2) is 0 Å². The van der Waals surface area contributed by atoms with Crippen LogP contribution in [0.2, 0.25) is 5.02 Å². The Bertz CT molecular complexity index is 361. The molecule has 0 aliphatic rings. The Balaban J connectivity index is 2.77. The minimum atomic E-state index is -0.419. The third-order valence-electron chi connectivity index (χ3n) is 2.47. The Kier molecular flexibility index (Phi) is 4.90. The van der Waals surface area contributed by atoms with Gasteiger partial charge in [-0.2, -0.15) is 0 Å². The van der Waals surface area contributed by atoms with Crippen molar-refractivity contribution in [1.82, 2.24) is 5.32 Å². The maximum Gasteiger partial charge on any atom is 0.141 e. The van der Waals surface area contributed by atoms with Gasteiger partial charge in [0.05, 0.1) is 0 Å². The highest BCUT2D eigenvalue weighted by Gasteiger charge is 2.16. The highest BCUT2D eigenvalue weighted by molar-refractivity contribution is 6.31. The highest BCUT2D eigenvalue weighted by Crippen LogP contribution is 2.20. The number of ketones is 1. The lowest BCUT2D eigenvalue weighted by molar-refractivity contribution is -0.121. The smallest absolute Gasteiger partial charge is 0.141 e. The zero-order chi connectivity index (χ0) is 12.1. The number of carbonyl (C=O) groups excluding carboxylic acids is 1. The van der Waals surface area contributed by atoms with Crippen molar-refractivity contribution >= 4 is 17.4 Å². The van der Waals surface area contributed by atoms with Crippen LogP contribution in [0, 0.1) is 11.7 Å². The average molecular weight is 244 g/mol. The number of nitrogens with one attached hydrogen (secondary N) is 1. The molecule has 1 unspecified atom stereocenters. The molecule has 0 fully saturated rings. The minimum Gasteiger partial charge on any atom is -0.319 e. The van der Waals surface area contributed by atoms with Crippen molar-refractivity contribution in [3.05, 3.63) is 34.6 Å². The third-order valence-corrected chi connectivity index (χ3v) is 2.83. The van der Waals surface area contributed by atoms with Gasteiger partial charge in [-0.15, -0.1) is 0 Å². The van der Waals surface area contributed by atoms with Gasteiger partial charge in [0.2, 0.25) is 0 Å². The molecule has 1 rings (SSSR count). The van der Waals surface area contributed by atoms with Crippen molar-refractivity contribution < 1.29 is 9.18 Å². The van der Waals surface area contributed by atoms with E-state index in [0.29, 0.717) is 11.6 Å². The van der Waals surface area contributed by atoms with Gasteiger partial charge in [0.1, 0.15) is 11.6 Å². The molecule has 0 spiro atoms. The van der Waals surface area contributed by atoms with Crippen LogP contribution in [0.25, 0.3) is 0 Å². The first-order chi connectivity index (χ1) is 7.56. The van der Waals surface area contributed by atoms with Crippen LogP contribution >= 0.6 is 11.6 Å². The summed E-state index contributed by atoms with van der Waals surface area (Å²) in [6.45, 7) is 2.40. The van der Waals surface area contributed by atoms with Gasteiger partial charge in [0.25, 0.3) is 0 Å². The lowest BCUT2D eigenvalue weighted by Gasteiger charge is -2.10. The Morgan fingerprint density at radius 3 is 2.81 bits per heavy atom. The molecule has 1 N–H and O–H groups in total. The first-order valence-electron chi connectivity index (χ1n) is 5.16. The fourth-order valence-corrected chi connectivity index (χ4v) is 1.70. The van der Waals surface area contributed by atoms with Gasteiger partial charge in [-0.3, -0.25) is 4.79 Å². The summed E-state index contributed by atoms with van der Waals surface area (Å²) >= 11 is 5.85. The Morgan fingerprint density at radius 2 is 2.25 bits per heavy atom. The predicted octanol–water partition coefficient (Wildman–Crippen LogP) is 2.45. The fourth-order valence-electron chi connectivity index (χ4n) is 1.47. The summed E-state index contributed by atoms with van der Waals surface area (Å²) in [5.74, 6) is -0.570. The summed E-state index contributed by atoms with van der Waals surface area (Å²) in [5.41, 5.74) is 0.289. The summed E-state index contributed by atoms with van der Waals surface area (Å²) in [6.07, 6.45) is 0.0500. The molecule has 1 aromatic carbocycles. The molecule has 0 aliphatic heterocycles. The van der Waals surface area contributed by atoms with Crippen molar-refractivity contribution in [1.29, 1.82) is 0 Å². The van der Waals surface area contributed by atoms with E-state index < -0.39 is 5.82 Å². The molecule has 0 bridgehead atoms. The molecule has 88 valence electrons. The number of carbonyl (C=O) groups is 1. The van der Waals surface area contributed by atoms with Crippen LogP contribution in [0.3, 0.4) is 0 Å². The van der Waals surface area contributed by atoms with E-state index in [-0.39, 0.29) is 23.7 Å². The van der Waals surface area contributed by atoms with E-state index in [2.05, 4.69) is 5.32 Å². The molecule has 16 heavy (non-hydrogen) atoms. The van der Waals surface area contributed by atoms with Gasteiger partial charge in [0, 0.05) is 29.5 Å². The topological polar surface area (TPSA) is 29.1 Å². The quantitative estimate of drug-likeness (QED) is 0.861. The van der Waals surface area contributed by atoms with E-state index in [0.717, 1.165) is 0 Å². The van der Waals surface area contributed by atoms with Crippen LogP contribution in [0.15, 0.2) is 18.2 Å². The van der Waals surface area contributed by atoms with Gasteiger partial charge in [-0.25, -0.2) is 4.39 Å². The predicted molar refractivity (Wildman–Crippen MR) is 63.2 cm³/mol. The van der Waals surface area contributed by atoms with Gasteiger partial charge in [-0.1, -0.05) is 24.6 Å². The van der Waals surface area contributed by atoms with Crippen molar-refractivity contribution in [2.24, 2.45) is 5.92 Å². The largest absolute Gasteiger partial charge is 0.319 e. The third kappa shape index (κ3) is 3.29. The molecule has 1 atom stereocenters. The van der Waals surface area contributed by atoms with E-state index in [1.54, 1.807) is 13.1 Å². The van der Waals surface area contributed by atoms with E-state index >= 15 is 0 Å². The molecule has 0 saturated heterocycles. The van der Waals surface area contributed by atoms with Crippen LogP contribution in [0.4, 0.5) is 4.39 Å². The molecular formula is C12H15ClFNO. The first kappa shape index (κ1) is 13.1. The molecular weight excluding hydrogens is 229 g/mol. The van der Waals surface area contributed by atoms with Gasteiger partial charge < -0.3 is 5.32 Å². The second kappa shape index (κ2) is 5.97. The first-order valence-corrected chi connectivity index (χ1v) is 5.54. The maximum absolute atomic E-state index is 13.4. The second-order valence-corrected chi connectivity index (χ2v) is 4.21. The number of rotatable bonds is 5. The molecule has 4 heteroatoms. The molecule has 0 aliphatic carbocycles. The number of halogens is 2. The molecule has 0 aromatic heterocycles. The van der Waals surface area contributed by atoms with E-state index in [9.17, 15) is 9.18 Å².